The van der Waals surface area contributed by atoms with Gasteiger partial charge in [-0.2, -0.15) is 0 Å². The van der Waals surface area contributed by atoms with E-state index in [0.717, 1.165) is 37.8 Å². The number of ether oxygens (including phenoxy) is 2. The summed E-state index contributed by atoms with van der Waals surface area (Å²) in [6.45, 7) is 4.58. The maximum atomic E-state index is 10.6. The number of unbranched alkanes of at least 4 members (excludes halogenated alkanes) is 2. The number of carbonyl (C=O) groups is 4. The van der Waals surface area contributed by atoms with Crippen LogP contribution >= 0.6 is 0 Å². The first-order valence-electron chi connectivity index (χ1n) is 8.45. The van der Waals surface area contributed by atoms with Crippen LogP contribution in [0.15, 0.2) is 24.3 Å². The van der Waals surface area contributed by atoms with Crippen molar-refractivity contribution in [3.05, 3.63) is 24.3 Å². The molecule has 8 nitrogen and oxygen atoms in total. The SMILES string of the molecule is CCCCOC(=O)/C=C/C(=O)[O-].CCCCOC(=O)/C=C/C(=O)[O-].[CH3][Sn+2][CH3]. The van der Waals surface area contributed by atoms with Crippen LogP contribution in [0.4, 0.5) is 0 Å². The molecule has 0 heterocycles. The summed E-state index contributed by atoms with van der Waals surface area (Å²) >= 11 is 0.230. The van der Waals surface area contributed by atoms with Crippen molar-refractivity contribution in [2.24, 2.45) is 0 Å². The molecule has 0 rings (SSSR count). The van der Waals surface area contributed by atoms with Crippen molar-refractivity contribution < 1.29 is 38.9 Å². The van der Waals surface area contributed by atoms with Crippen LogP contribution in [0.5, 0.6) is 0 Å². The van der Waals surface area contributed by atoms with Crippen LogP contribution in [0.1, 0.15) is 39.5 Å². The van der Waals surface area contributed by atoms with Gasteiger partial charge in [0.1, 0.15) is 0 Å². The molecule has 0 aromatic carbocycles. The zero-order valence-electron chi connectivity index (χ0n) is 16.3. The molecule has 9 heteroatoms. The Bertz CT molecular complexity index is 430. The van der Waals surface area contributed by atoms with Crippen LogP contribution in [0.2, 0.25) is 9.88 Å². The fourth-order valence-corrected chi connectivity index (χ4v) is 1.00. The standard InChI is InChI=1S/2C8H12O4.2CH3.Sn/c2*1-2-3-6-12-8(11)5-4-7(9)10;;;/h2*4-5H,2-3,6H2,1H3,(H,9,10);2*1H3;/q;;;;+2/p-2/b2*5-4+;;;. The molecule has 152 valence electrons. The third-order valence-electron chi connectivity index (χ3n) is 2.20. The van der Waals surface area contributed by atoms with Gasteiger partial charge in [0.25, 0.3) is 0 Å². The van der Waals surface area contributed by atoms with E-state index in [1.54, 1.807) is 0 Å². The van der Waals surface area contributed by atoms with E-state index in [4.69, 9.17) is 0 Å². The summed E-state index contributed by atoms with van der Waals surface area (Å²) in [6.07, 6.45) is 6.39. The third-order valence-corrected chi connectivity index (χ3v) is 2.20. The van der Waals surface area contributed by atoms with Crippen LogP contribution in [0, 0.1) is 0 Å². The molecule has 27 heavy (non-hydrogen) atoms. The molecule has 0 amide bonds. The van der Waals surface area contributed by atoms with Gasteiger partial charge in [0.05, 0.1) is 25.2 Å². The number of rotatable bonds is 10. The second-order valence-electron chi connectivity index (χ2n) is 4.85. The molecule has 0 saturated heterocycles. The fourth-order valence-electron chi connectivity index (χ4n) is 1.00. The third kappa shape index (κ3) is 36.0. The summed E-state index contributed by atoms with van der Waals surface area (Å²) in [5.74, 6) is -4.09. The van der Waals surface area contributed by atoms with Gasteiger partial charge in [-0.3, -0.25) is 0 Å². The average molecular weight is 491 g/mol. The van der Waals surface area contributed by atoms with Crippen molar-refractivity contribution >= 4 is 45.0 Å². The maximum absolute atomic E-state index is 10.6. The Labute approximate surface area is 170 Å². The van der Waals surface area contributed by atoms with Gasteiger partial charge in [-0.25, -0.2) is 9.59 Å². The van der Waals surface area contributed by atoms with Crippen LogP contribution in [-0.4, -0.2) is 58.2 Å². The molecular weight excluding hydrogens is 463 g/mol. The van der Waals surface area contributed by atoms with Gasteiger partial charge in [0.2, 0.25) is 0 Å². The predicted molar refractivity (Wildman–Crippen MR) is 97.5 cm³/mol. The number of carboxylic acid groups (broad SMARTS) is 2. The van der Waals surface area contributed by atoms with Gasteiger partial charge in [0, 0.05) is 12.2 Å². The zero-order valence-corrected chi connectivity index (χ0v) is 19.2. The number of hydrogen-bond acceptors (Lipinski definition) is 8. The summed E-state index contributed by atoms with van der Waals surface area (Å²) in [5, 5.41) is 19.7. The first-order chi connectivity index (χ1) is 12.7. The van der Waals surface area contributed by atoms with Gasteiger partial charge >= 0.3 is 43.0 Å². The van der Waals surface area contributed by atoms with Crippen molar-refractivity contribution in [2.45, 2.75) is 49.4 Å². The van der Waals surface area contributed by atoms with E-state index in [-0.39, 0.29) is 21.1 Å². The van der Waals surface area contributed by atoms with Crippen molar-refractivity contribution in [2.75, 3.05) is 13.2 Å². The average Bonchev–Trinajstić information content (AvgIpc) is 2.60. The molecule has 0 N–H and O–H groups in total. The van der Waals surface area contributed by atoms with Crippen LogP contribution in [0.25, 0.3) is 0 Å². The number of esters is 2. The predicted octanol–water partition coefficient (Wildman–Crippen LogP) is 0.0584. The van der Waals surface area contributed by atoms with Crippen LogP contribution in [-0.2, 0) is 28.7 Å². The summed E-state index contributed by atoms with van der Waals surface area (Å²) in [7, 11) is 0. The molecule has 0 aromatic heterocycles. The second kappa shape index (κ2) is 24.2. The molecule has 0 radical (unpaired) electrons. The van der Waals surface area contributed by atoms with E-state index in [1.165, 1.54) is 0 Å². The Morgan fingerprint density at radius 2 is 1.04 bits per heavy atom. The Morgan fingerprint density at radius 3 is 1.26 bits per heavy atom. The molecule has 0 aromatic rings. The molecule has 0 atom stereocenters. The Morgan fingerprint density at radius 1 is 0.741 bits per heavy atom. The van der Waals surface area contributed by atoms with Crippen molar-refractivity contribution in [3.63, 3.8) is 0 Å². The minimum atomic E-state index is -1.40. The Kier molecular flexibility index (Phi) is 26.8. The first-order valence-corrected chi connectivity index (χ1v) is 14.2. The van der Waals surface area contributed by atoms with E-state index in [0.29, 0.717) is 25.4 Å². The second-order valence-corrected chi connectivity index (χ2v) is 7.70. The Balaban J connectivity index is -0.000000372. The zero-order chi connectivity index (χ0) is 21.5. The number of aliphatic carboxylic acids is 2. The monoisotopic (exact) mass is 492 g/mol. The normalized spacial score (nSPS) is 9.33. The van der Waals surface area contributed by atoms with Gasteiger partial charge < -0.3 is 29.3 Å². The van der Waals surface area contributed by atoms with E-state index in [1.807, 2.05) is 13.8 Å². The van der Waals surface area contributed by atoms with Crippen LogP contribution in [0.3, 0.4) is 0 Å². The quantitative estimate of drug-likeness (QED) is 0.181. The van der Waals surface area contributed by atoms with Crippen LogP contribution < -0.4 is 10.2 Å². The Hall–Kier alpha value is -1.84. The molecule has 0 spiro atoms. The van der Waals surface area contributed by atoms with E-state index in [9.17, 15) is 29.4 Å². The first kappa shape index (κ1) is 29.9. The number of carbonyl (C=O) groups excluding carboxylic acids is 4. The van der Waals surface area contributed by atoms with Crippen molar-refractivity contribution in [1.29, 1.82) is 0 Å². The molecule has 0 fully saturated rings. The molecular formula is C18H28O8Sn. The van der Waals surface area contributed by atoms with E-state index < -0.39 is 23.9 Å². The minimum absolute atomic E-state index is 0.230. The summed E-state index contributed by atoms with van der Waals surface area (Å²) in [6, 6.07) is 0. The topological polar surface area (TPSA) is 133 Å². The molecule has 0 bridgehead atoms. The van der Waals surface area contributed by atoms with Gasteiger partial charge in [-0.05, 0) is 25.0 Å². The number of carboxylic acids is 2. The molecule has 0 aliphatic rings. The molecule has 0 aliphatic carbocycles. The fraction of sp³-hybridized carbons (Fsp3) is 0.556. The molecule has 0 aliphatic heterocycles. The van der Waals surface area contributed by atoms with E-state index in [2.05, 4.69) is 19.4 Å². The van der Waals surface area contributed by atoms with Crippen molar-refractivity contribution in [3.8, 4) is 0 Å². The molecule has 0 saturated carbocycles. The number of hydrogen-bond donors (Lipinski definition) is 0. The summed E-state index contributed by atoms with van der Waals surface area (Å²) in [5.41, 5.74) is 0. The van der Waals surface area contributed by atoms with Gasteiger partial charge in [0.15, 0.2) is 0 Å². The van der Waals surface area contributed by atoms with Gasteiger partial charge in [-0.15, -0.1) is 0 Å². The summed E-state index contributed by atoms with van der Waals surface area (Å²) in [4.78, 5) is 45.5. The summed E-state index contributed by atoms with van der Waals surface area (Å²) < 4.78 is 9.23. The van der Waals surface area contributed by atoms with Crippen molar-refractivity contribution in [1.82, 2.24) is 0 Å². The molecule has 0 unspecified atom stereocenters. The van der Waals surface area contributed by atoms with E-state index >= 15 is 0 Å². The van der Waals surface area contributed by atoms with Gasteiger partial charge in [-0.1, -0.05) is 26.7 Å².